The number of piperidine rings is 1. The fourth-order valence-corrected chi connectivity index (χ4v) is 2.34. The number of rotatable bonds is 2. The van der Waals surface area contributed by atoms with Gasteiger partial charge in [0.2, 0.25) is 0 Å². The molecule has 0 spiro atoms. The molecule has 0 aliphatic carbocycles. The Bertz CT molecular complexity index is 431. The molecule has 1 fully saturated rings. The summed E-state index contributed by atoms with van der Waals surface area (Å²) in [4.78, 5) is 2.36. The molecule has 1 aromatic carbocycles. The zero-order valence-electron chi connectivity index (χ0n) is 9.69. The molecule has 0 radical (unpaired) electrons. The van der Waals surface area contributed by atoms with Gasteiger partial charge in [-0.1, -0.05) is 17.7 Å². The lowest BCUT2D eigenvalue weighted by Gasteiger charge is -2.30. The molecule has 0 amide bonds. The van der Waals surface area contributed by atoms with Gasteiger partial charge in [-0.15, -0.1) is 0 Å². The van der Waals surface area contributed by atoms with E-state index >= 15 is 0 Å². The number of benzene rings is 1. The Balaban J connectivity index is 2.02. The summed E-state index contributed by atoms with van der Waals surface area (Å²) in [5.74, 6) is 0. The smallest absolute Gasteiger partial charge is 0.0992 e. The van der Waals surface area contributed by atoms with Crippen LogP contribution in [0.25, 0.3) is 0 Å². The number of hydrogen-bond donors (Lipinski definition) is 1. The molecule has 0 bridgehead atoms. The van der Waals surface area contributed by atoms with E-state index in [1.54, 1.807) is 6.07 Å². The second-order valence-corrected chi connectivity index (χ2v) is 4.94. The van der Waals surface area contributed by atoms with Gasteiger partial charge >= 0.3 is 0 Å². The van der Waals surface area contributed by atoms with Crippen LogP contribution in [-0.2, 0) is 6.54 Å². The fourth-order valence-electron chi connectivity index (χ4n) is 2.10. The van der Waals surface area contributed by atoms with Gasteiger partial charge in [-0.3, -0.25) is 4.90 Å². The zero-order valence-corrected chi connectivity index (χ0v) is 10.5. The van der Waals surface area contributed by atoms with Gasteiger partial charge in [0.05, 0.1) is 11.6 Å². The minimum Gasteiger partial charge on any atom is -0.328 e. The van der Waals surface area contributed by atoms with Gasteiger partial charge in [-0.2, -0.15) is 5.26 Å². The first kappa shape index (κ1) is 12.4. The van der Waals surface area contributed by atoms with Crippen molar-refractivity contribution >= 4 is 11.6 Å². The van der Waals surface area contributed by atoms with E-state index in [1.165, 1.54) is 0 Å². The average Bonchev–Trinajstić information content (AvgIpc) is 2.34. The van der Waals surface area contributed by atoms with E-state index in [2.05, 4.69) is 11.0 Å². The summed E-state index contributed by atoms with van der Waals surface area (Å²) in [7, 11) is 0. The molecule has 0 unspecified atom stereocenters. The summed E-state index contributed by atoms with van der Waals surface area (Å²) < 4.78 is 0. The third-order valence-corrected chi connectivity index (χ3v) is 3.56. The number of hydrogen-bond acceptors (Lipinski definition) is 3. The molecule has 2 N–H and O–H groups in total. The molecule has 4 heteroatoms. The largest absolute Gasteiger partial charge is 0.328 e. The van der Waals surface area contributed by atoms with Crippen molar-refractivity contribution in [3.63, 3.8) is 0 Å². The van der Waals surface area contributed by atoms with Crippen molar-refractivity contribution in [2.24, 2.45) is 5.73 Å². The van der Waals surface area contributed by atoms with Crippen molar-refractivity contribution in [3.8, 4) is 6.07 Å². The summed E-state index contributed by atoms with van der Waals surface area (Å²) in [6, 6.07) is 7.92. The topological polar surface area (TPSA) is 53.0 Å². The molecule has 1 aliphatic heterocycles. The number of nitrogens with zero attached hydrogens (tertiary/aromatic N) is 2. The number of nitrogens with two attached hydrogens (primary N) is 1. The SMILES string of the molecule is N#Cc1ccc(CN2CCC(N)CC2)c(Cl)c1. The maximum atomic E-state index is 8.77. The number of halogens is 1. The lowest BCUT2D eigenvalue weighted by atomic mass is 10.0. The van der Waals surface area contributed by atoms with Crippen LogP contribution >= 0.6 is 11.6 Å². The van der Waals surface area contributed by atoms with Gasteiger partial charge in [-0.05, 0) is 43.6 Å². The second kappa shape index (κ2) is 5.50. The normalized spacial score (nSPS) is 17.9. The third kappa shape index (κ3) is 3.19. The Hall–Kier alpha value is -1.08. The van der Waals surface area contributed by atoms with Crippen molar-refractivity contribution < 1.29 is 0 Å². The van der Waals surface area contributed by atoms with E-state index in [1.807, 2.05) is 12.1 Å². The van der Waals surface area contributed by atoms with Crippen molar-refractivity contribution in [2.45, 2.75) is 25.4 Å². The van der Waals surface area contributed by atoms with Gasteiger partial charge in [-0.25, -0.2) is 0 Å². The van der Waals surface area contributed by atoms with E-state index < -0.39 is 0 Å². The Morgan fingerprint density at radius 3 is 2.71 bits per heavy atom. The molecule has 3 nitrogen and oxygen atoms in total. The molecule has 0 aromatic heterocycles. The van der Waals surface area contributed by atoms with Gasteiger partial charge < -0.3 is 5.73 Å². The van der Waals surface area contributed by atoms with Crippen LogP contribution in [0.1, 0.15) is 24.0 Å². The van der Waals surface area contributed by atoms with Crippen molar-refractivity contribution in [1.29, 1.82) is 5.26 Å². The summed E-state index contributed by atoms with van der Waals surface area (Å²) in [6.45, 7) is 2.90. The Morgan fingerprint density at radius 1 is 1.41 bits per heavy atom. The van der Waals surface area contributed by atoms with Crippen LogP contribution in [0.4, 0.5) is 0 Å². The van der Waals surface area contributed by atoms with Crippen LogP contribution in [0.15, 0.2) is 18.2 Å². The Morgan fingerprint density at radius 2 is 2.12 bits per heavy atom. The minimum absolute atomic E-state index is 0.350. The van der Waals surface area contributed by atoms with Crippen LogP contribution in [0.3, 0.4) is 0 Å². The molecule has 17 heavy (non-hydrogen) atoms. The minimum atomic E-state index is 0.350. The molecule has 1 heterocycles. The highest BCUT2D eigenvalue weighted by atomic mass is 35.5. The molecular formula is C13H16ClN3. The highest BCUT2D eigenvalue weighted by Crippen LogP contribution is 2.21. The maximum Gasteiger partial charge on any atom is 0.0992 e. The van der Waals surface area contributed by atoms with Crippen molar-refractivity contribution in [2.75, 3.05) is 13.1 Å². The monoisotopic (exact) mass is 249 g/mol. The highest BCUT2D eigenvalue weighted by Gasteiger charge is 2.16. The lowest BCUT2D eigenvalue weighted by Crippen LogP contribution is -2.39. The number of likely N-dealkylation sites (tertiary alicyclic amines) is 1. The van der Waals surface area contributed by atoms with E-state index in [-0.39, 0.29) is 0 Å². The molecule has 1 saturated heterocycles. The van der Waals surface area contributed by atoms with Crippen LogP contribution in [0, 0.1) is 11.3 Å². The van der Waals surface area contributed by atoms with Gasteiger partial charge in [0.15, 0.2) is 0 Å². The van der Waals surface area contributed by atoms with Crippen LogP contribution in [-0.4, -0.2) is 24.0 Å². The van der Waals surface area contributed by atoms with Crippen LogP contribution in [0.2, 0.25) is 5.02 Å². The van der Waals surface area contributed by atoms with Gasteiger partial charge in [0.1, 0.15) is 0 Å². The summed E-state index contributed by atoms with van der Waals surface area (Å²) in [5, 5.41) is 9.45. The molecular weight excluding hydrogens is 234 g/mol. The van der Waals surface area contributed by atoms with E-state index in [0.717, 1.165) is 38.0 Å². The molecule has 0 saturated carbocycles. The van der Waals surface area contributed by atoms with Crippen molar-refractivity contribution in [1.82, 2.24) is 4.90 Å². The van der Waals surface area contributed by atoms with Crippen LogP contribution in [0.5, 0.6) is 0 Å². The molecule has 0 atom stereocenters. The summed E-state index contributed by atoms with van der Waals surface area (Å²) in [6.07, 6.45) is 2.10. The molecule has 1 aliphatic rings. The quantitative estimate of drug-likeness (QED) is 0.874. The first-order chi connectivity index (χ1) is 8.19. The molecule has 90 valence electrons. The van der Waals surface area contributed by atoms with Crippen molar-refractivity contribution in [3.05, 3.63) is 34.3 Å². The highest BCUT2D eigenvalue weighted by molar-refractivity contribution is 6.31. The number of nitriles is 1. The summed E-state index contributed by atoms with van der Waals surface area (Å²) in [5.41, 5.74) is 7.56. The fraction of sp³-hybridized carbons (Fsp3) is 0.462. The first-order valence-corrected chi connectivity index (χ1v) is 6.23. The predicted molar refractivity (Wildman–Crippen MR) is 68.7 cm³/mol. The van der Waals surface area contributed by atoms with E-state index in [4.69, 9.17) is 22.6 Å². The van der Waals surface area contributed by atoms with E-state index in [9.17, 15) is 0 Å². The predicted octanol–water partition coefficient (Wildman–Crippen LogP) is 2.13. The summed E-state index contributed by atoms with van der Waals surface area (Å²) >= 11 is 6.15. The Labute approximate surface area is 107 Å². The average molecular weight is 250 g/mol. The van der Waals surface area contributed by atoms with Gasteiger partial charge in [0.25, 0.3) is 0 Å². The Kier molecular flexibility index (Phi) is 4.01. The lowest BCUT2D eigenvalue weighted by molar-refractivity contribution is 0.205. The molecule has 2 rings (SSSR count). The third-order valence-electron chi connectivity index (χ3n) is 3.21. The first-order valence-electron chi connectivity index (χ1n) is 5.85. The zero-order chi connectivity index (χ0) is 12.3. The van der Waals surface area contributed by atoms with Crippen LogP contribution < -0.4 is 5.73 Å². The van der Waals surface area contributed by atoms with Gasteiger partial charge in [0, 0.05) is 17.6 Å². The maximum absolute atomic E-state index is 8.77. The standard InChI is InChI=1S/C13H16ClN3/c14-13-7-10(8-15)1-2-11(13)9-17-5-3-12(16)4-6-17/h1-2,7,12H,3-6,9,16H2. The second-order valence-electron chi connectivity index (χ2n) is 4.53. The molecule has 1 aromatic rings. The van der Waals surface area contributed by atoms with E-state index in [0.29, 0.717) is 16.6 Å².